The number of alkyl halides is 3. The summed E-state index contributed by atoms with van der Waals surface area (Å²) in [4.78, 5) is 15.5. The first-order valence-electron chi connectivity index (χ1n) is 28.3. The molecular weight excluding hydrogens is 1070 g/mol. The van der Waals surface area contributed by atoms with Crippen molar-refractivity contribution in [1.82, 2.24) is 24.1 Å². The van der Waals surface area contributed by atoms with Crippen molar-refractivity contribution in [3.8, 4) is 107 Å². The van der Waals surface area contributed by atoms with E-state index >= 15 is 13.2 Å². The van der Waals surface area contributed by atoms with Crippen molar-refractivity contribution in [2.24, 2.45) is 0 Å². The highest BCUT2D eigenvalue weighted by Gasteiger charge is 2.35. The molecular formula is C77H47F3N6. The van der Waals surface area contributed by atoms with E-state index in [9.17, 15) is 5.26 Å². The Labute approximate surface area is 493 Å². The lowest BCUT2D eigenvalue weighted by Gasteiger charge is -2.18. The van der Waals surface area contributed by atoms with Gasteiger partial charge in [-0.3, -0.25) is 0 Å². The van der Waals surface area contributed by atoms with Gasteiger partial charge in [0.2, 0.25) is 0 Å². The molecule has 0 bridgehead atoms. The fraction of sp³-hybridized carbons (Fsp3) is 0.0130. The molecule has 86 heavy (non-hydrogen) atoms. The first kappa shape index (κ1) is 51.4. The fourth-order valence-corrected chi connectivity index (χ4v) is 12.1. The zero-order valence-corrected chi connectivity index (χ0v) is 46.0. The van der Waals surface area contributed by atoms with Gasteiger partial charge in [0.05, 0.1) is 50.6 Å². The molecule has 15 aromatic rings. The Morgan fingerprint density at radius 1 is 0.291 bits per heavy atom. The average Bonchev–Trinajstić information content (AvgIpc) is 1.73. The van der Waals surface area contributed by atoms with Crippen molar-refractivity contribution in [1.29, 1.82) is 5.26 Å². The third kappa shape index (κ3) is 9.23. The topological polar surface area (TPSA) is 72.3 Å². The number of nitriles is 1. The Bertz CT molecular complexity index is 4950. The lowest BCUT2D eigenvalue weighted by atomic mass is 9.99. The maximum atomic E-state index is 15.8. The zero-order valence-electron chi connectivity index (χ0n) is 46.0. The Morgan fingerprint density at radius 2 is 0.628 bits per heavy atom. The van der Waals surface area contributed by atoms with Gasteiger partial charge in [0.25, 0.3) is 0 Å². The van der Waals surface area contributed by atoms with Crippen molar-refractivity contribution in [2.45, 2.75) is 6.18 Å². The van der Waals surface area contributed by atoms with E-state index in [0.29, 0.717) is 44.9 Å². The summed E-state index contributed by atoms with van der Waals surface area (Å²) in [6.07, 6.45) is -4.74. The van der Waals surface area contributed by atoms with E-state index in [-0.39, 0.29) is 11.5 Å². The molecule has 0 aliphatic carbocycles. The molecule has 0 unspecified atom stereocenters. The van der Waals surface area contributed by atoms with Crippen molar-refractivity contribution in [3.63, 3.8) is 0 Å². The Balaban J connectivity index is 0.956. The van der Waals surface area contributed by atoms with Gasteiger partial charge >= 0.3 is 6.18 Å². The van der Waals surface area contributed by atoms with Gasteiger partial charge in [-0.25, -0.2) is 15.0 Å². The number of aromatic nitrogens is 5. The summed E-state index contributed by atoms with van der Waals surface area (Å²) in [6.45, 7) is 0. The van der Waals surface area contributed by atoms with Gasteiger partial charge in [0, 0.05) is 43.8 Å². The summed E-state index contributed by atoms with van der Waals surface area (Å²) in [5.74, 6) is 0.844. The van der Waals surface area contributed by atoms with Crippen molar-refractivity contribution in [3.05, 3.63) is 296 Å². The van der Waals surface area contributed by atoms with E-state index < -0.39 is 11.7 Å². The molecule has 3 heterocycles. The molecule has 0 radical (unpaired) electrons. The molecule has 0 spiro atoms. The number of hydrogen-bond acceptors (Lipinski definition) is 4. The third-order valence-corrected chi connectivity index (χ3v) is 16.2. The van der Waals surface area contributed by atoms with Crippen LogP contribution in [0.5, 0.6) is 0 Å². The molecule has 9 heteroatoms. The van der Waals surface area contributed by atoms with E-state index in [4.69, 9.17) is 15.0 Å². The minimum Gasteiger partial charge on any atom is -0.309 e. The molecule has 6 nitrogen and oxygen atoms in total. The number of fused-ring (bicyclic) bond motifs is 6. The molecule has 0 aliphatic rings. The van der Waals surface area contributed by atoms with Crippen LogP contribution in [0.25, 0.3) is 145 Å². The van der Waals surface area contributed by atoms with E-state index in [0.717, 1.165) is 100.0 Å². The Morgan fingerprint density at radius 3 is 1.02 bits per heavy atom. The highest BCUT2D eigenvalue weighted by atomic mass is 19.4. The molecule has 0 atom stereocenters. The summed E-state index contributed by atoms with van der Waals surface area (Å²) in [7, 11) is 0. The fourth-order valence-electron chi connectivity index (χ4n) is 12.1. The highest BCUT2D eigenvalue weighted by molar-refractivity contribution is 6.13. The summed E-state index contributed by atoms with van der Waals surface area (Å²) in [6, 6.07) is 95.4. The number of hydrogen-bond donors (Lipinski definition) is 0. The molecule has 0 saturated carbocycles. The maximum absolute atomic E-state index is 15.8. The second-order valence-corrected chi connectivity index (χ2v) is 21.4. The lowest BCUT2D eigenvalue weighted by Crippen LogP contribution is -2.11. The minimum absolute atomic E-state index is 0.0680. The van der Waals surface area contributed by atoms with E-state index in [2.05, 4.69) is 89.5 Å². The average molecular weight is 1110 g/mol. The van der Waals surface area contributed by atoms with Gasteiger partial charge in [0.1, 0.15) is 0 Å². The Hall–Kier alpha value is -11.5. The quantitative estimate of drug-likeness (QED) is 0.137. The van der Waals surface area contributed by atoms with E-state index in [1.165, 1.54) is 6.07 Å². The second kappa shape index (κ2) is 21.1. The minimum atomic E-state index is -4.74. The van der Waals surface area contributed by atoms with Crippen molar-refractivity contribution < 1.29 is 13.2 Å². The van der Waals surface area contributed by atoms with Crippen LogP contribution in [0.4, 0.5) is 13.2 Å². The van der Waals surface area contributed by atoms with Gasteiger partial charge < -0.3 is 9.13 Å². The first-order valence-corrected chi connectivity index (χ1v) is 28.3. The normalized spacial score (nSPS) is 11.7. The molecule has 0 saturated heterocycles. The highest BCUT2D eigenvalue weighted by Crippen LogP contribution is 2.45. The summed E-state index contributed by atoms with van der Waals surface area (Å²) in [5.41, 5.74) is 15.2. The van der Waals surface area contributed by atoms with Gasteiger partial charge in [-0.2, -0.15) is 18.4 Å². The lowest BCUT2D eigenvalue weighted by molar-refractivity contribution is -0.137. The first-order chi connectivity index (χ1) is 42.2. The molecule has 0 aliphatic heterocycles. The van der Waals surface area contributed by atoms with Crippen LogP contribution in [0.2, 0.25) is 0 Å². The zero-order chi connectivity index (χ0) is 57.9. The standard InChI is InChI=1S/C77H47F3N6/c78-77(79,80)67-36-30-61(47-73(67)86-70-39-33-57(52-22-10-3-11-23-52)44-65(70)66-45-58(34-40-71(66)86)53-24-12-4-13-25-53)76-83-74(54-26-14-5-15-27-54)82-75(84-76)60-29-35-62(59-28-16-17-49(41-59)48-81)72(46-60)85-68-37-31-55(50-18-6-1-7-19-50)42-63(68)64-43-56(32-38-69(64)85)51-20-8-2-9-21-51/h1-47H. The SMILES string of the molecule is N#Cc1cccc(-c2ccc(-c3nc(-c4ccccc4)nc(-c4ccc(C(F)(F)F)c(-n5c6ccc(-c7ccccc7)cc6c6cc(-c7ccccc7)ccc65)c4)n3)cc2-n2c3ccc(-c4ccccc4)cc3c3cc(-c4ccccc4)ccc32)c1. The summed E-state index contributed by atoms with van der Waals surface area (Å²) in [5, 5.41) is 13.9. The van der Waals surface area contributed by atoms with Gasteiger partial charge in [-0.1, -0.05) is 206 Å². The van der Waals surface area contributed by atoms with Gasteiger partial charge in [-0.05, 0) is 129 Å². The number of halogens is 3. The molecule has 15 rings (SSSR count). The third-order valence-electron chi connectivity index (χ3n) is 16.2. The van der Waals surface area contributed by atoms with Crippen LogP contribution in [-0.4, -0.2) is 24.1 Å². The van der Waals surface area contributed by atoms with Crippen LogP contribution in [-0.2, 0) is 6.18 Å². The van der Waals surface area contributed by atoms with Crippen LogP contribution in [0, 0.1) is 11.3 Å². The van der Waals surface area contributed by atoms with Crippen LogP contribution in [0.1, 0.15) is 11.1 Å². The maximum Gasteiger partial charge on any atom is 0.418 e. The van der Waals surface area contributed by atoms with Crippen LogP contribution >= 0.6 is 0 Å². The predicted octanol–water partition coefficient (Wildman–Crippen LogP) is 20.3. The number of benzene rings is 12. The van der Waals surface area contributed by atoms with E-state index in [1.54, 1.807) is 16.7 Å². The molecule has 12 aromatic carbocycles. The summed E-state index contributed by atoms with van der Waals surface area (Å²) >= 11 is 0. The van der Waals surface area contributed by atoms with Crippen LogP contribution < -0.4 is 0 Å². The smallest absolute Gasteiger partial charge is 0.309 e. The molecule has 0 fully saturated rings. The monoisotopic (exact) mass is 1110 g/mol. The summed E-state index contributed by atoms with van der Waals surface area (Å²) < 4.78 is 51.4. The molecule has 3 aromatic heterocycles. The van der Waals surface area contributed by atoms with Crippen molar-refractivity contribution in [2.75, 3.05) is 0 Å². The number of rotatable bonds is 10. The van der Waals surface area contributed by atoms with Gasteiger partial charge in [0.15, 0.2) is 17.5 Å². The van der Waals surface area contributed by atoms with E-state index in [1.807, 2.05) is 182 Å². The predicted molar refractivity (Wildman–Crippen MR) is 342 cm³/mol. The molecule has 0 amide bonds. The van der Waals surface area contributed by atoms with Gasteiger partial charge in [-0.15, -0.1) is 0 Å². The van der Waals surface area contributed by atoms with Crippen molar-refractivity contribution >= 4 is 43.6 Å². The Kier molecular flexibility index (Phi) is 12.6. The molecule has 0 N–H and O–H groups in total. The molecule has 406 valence electrons. The van der Waals surface area contributed by atoms with Crippen LogP contribution in [0.15, 0.2) is 285 Å². The number of nitrogens with zero attached hydrogens (tertiary/aromatic N) is 6. The van der Waals surface area contributed by atoms with Crippen LogP contribution in [0.3, 0.4) is 0 Å². The second-order valence-electron chi connectivity index (χ2n) is 21.4. The largest absolute Gasteiger partial charge is 0.418 e.